The van der Waals surface area contributed by atoms with Crippen LogP contribution in [0.2, 0.25) is 0 Å². The molecule has 2 heteroatoms. The minimum Gasteiger partial charge on any atom is -0.491 e. The molecular weight excluding hydrogens is 260 g/mol. The molecule has 116 valence electrons. The monoisotopic (exact) mass is 288 g/mol. The maximum atomic E-state index is 13.1. The van der Waals surface area contributed by atoms with E-state index in [4.69, 9.17) is 4.74 Å². The molecule has 0 amide bonds. The average molecular weight is 288 g/mol. The SMILES string of the molecule is CC(C)CC1(C(=O)c2cccc(OC(C)C)c2)CCCC1. The third kappa shape index (κ3) is 3.87. The number of carbonyl (C=O) groups is 1. The Morgan fingerprint density at radius 2 is 1.86 bits per heavy atom. The summed E-state index contributed by atoms with van der Waals surface area (Å²) in [5.74, 6) is 1.68. The van der Waals surface area contributed by atoms with E-state index in [0.29, 0.717) is 11.7 Å². The van der Waals surface area contributed by atoms with Crippen molar-refractivity contribution >= 4 is 5.78 Å². The van der Waals surface area contributed by atoms with Gasteiger partial charge in [0.15, 0.2) is 5.78 Å². The first kappa shape index (κ1) is 16.1. The number of ether oxygens (including phenoxy) is 1. The number of Topliss-reactive ketones (excluding diaryl/α,β-unsaturated/α-hetero) is 1. The lowest BCUT2D eigenvalue weighted by Crippen LogP contribution is -2.30. The fourth-order valence-electron chi connectivity index (χ4n) is 3.65. The first-order chi connectivity index (χ1) is 9.93. The van der Waals surface area contributed by atoms with E-state index in [2.05, 4.69) is 13.8 Å². The molecule has 0 unspecified atom stereocenters. The second-order valence-corrected chi connectivity index (χ2v) is 7.11. The molecule has 0 bridgehead atoms. The van der Waals surface area contributed by atoms with E-state index in [0.717, 1.165) is 30.6 Å². The lowest BCUT2D eigenvalue weighted by atomic mass is 9.73. The van der Waals surface area contributed by atoms with Gasteiger partial charge in [-0.15, -0.1) is 0 Å². The Labute approximate surface area is 128 Å². The van der Waals surface area contributed by atoms with Gasteiger partial charge in [-0.25, -0.2) is 0 Å². The molecule has 1 aliphatic rings. The molecule has 0 atom stereocenters. The molecule has 2 nitrogen and oxygen atoms in total. The van der Waals surface area contributed by atoms with E-state index in [1.54, 1.807) is 0 Å². The molecule has 1 aromatic carbocycles. The average Bonchev–Trinajstić information content (AvgIpc) is 2.86. The summed E-state index contributed by atoms with van der Waals surface area (Å²) < 4.78 is 5.73. The molecular formula is C19H28O2. The maximum Gasteiger partial charge on any atom is 0.169 e. The highest BCUT2D eigenvalue weighted by Crippen LogP contribution is 2.45. The van der Waals surface area contributed by atoms with Gasteiger partial charge in [0.25, 0.3) is 0 Å². The molecule has 21 heavy (non-hydrogen) atoms. The topological polar surface area (TPSA) is 26.3 Å². The molecule has 0 radical (unpaired) electrons. The molecule has 2 rings (SSSR count). The highest BCUT2D eigenvalue weighted by Gasteiger charge is 2.41. The second-order valence-electron chi connectivity index (χ2n) is 7.11. The molecule has 0 heterocycles. The van der Waals surface area contributed by atoms with Gasteiger partial charge < -0.3 is 4.74 Å². The smallest absolute Gasteiger partial charge is 0.169 e. The lowest BCUT2D eigenvalue weighted by Gasteiger charge is -2.29. The van der Waals surface area contributed by atoms with E-state index in [-0.39, 0.29) is 11.5 Å². The largest absolute Gasteiger partial charge is 0.491 e. The zero-order valence-electron chi connectivity index (χ0n) is 13.8. The van der Waals surface area contributed by atoms with Crippen LogP contribution in [-0.4, -0.2) is 11.9 Å². The van der Waals surface area contributed by atoms with Gasteiger partial charge in [0.1, 0.15) is 5.75 Å². The standard InChI is InChI=1S/C19H28O2/c1-14(2)13-19(10-5-6-11-19)18(20)16-8-7-9-17(12-16)21-15(3)4/h7-9,12,14-15H,5-6,10-11,13H2,1-4H3. The number of hydrogen-bond acceptors (Lipinski definition) is 2. The van der Waals surface area contributed by atoms with Gasteiger partial charge in [-0.1, -0.05) is 38.8 Å². The van der Waals surface area contributed by atoms with Gasteiger partial charge in [-0.3, -0.25) is 4.79 Å². The van der Waals surface area contributed by atoms with Crippen LogP contribution in [0.4, 0.5) is 0 Å². The predicted octanol–water partition coefficient (Wildman–Crippen LogP) is 5.26. The van der Waals surface area contributed by atoms with Crippen molar-refractivity contribution in [2.24, 2.45) is 11.3 Å². The van der Waals surface area contributed by atoms with Gasteiger partial charge >= 0.3 is 0 Å². The number of benzene rings is 1. The van der Waals surface area contributed by atoms with Crippen molar-refractivity contribution in [2.45, 2.75) is 65.9 Å². The Morgan fingerprint density at radius 1 is 1.19 bits per heavy atom. The third-order valence-electron chi connectivity index (χ3n) is 4.31. The molecule has 0 saturated heterocycles. The molecule has 1 saturated carbocycles. The summed E-state index contributed by atoms with van der Waals surface area (Å²) in [6, 6.07) is 7.72. The van der Waals surface area contributed by atoms with Gasteiger partial charge in [0.2, 0.25) is 0 Å². The number of carbonyl (C=O) groups excluding carboxylic acids is 1. The molecule has 0 N–H and O–H groups in total. The van der Waals surface area contributed by atoms with Crippen LogP contribution in [0.3, 0.4) is 0 Å². The molecule has 1 aromatic rings. The quantitative estimate of drug-likeness (QED) is 0.667. The number of rotatable bonds is 6. The Morgan fingerprint density at radius 3 is 2.43 bits per heavy atom. The van der Waals surface area contributed by atoms with Crippen molar-refractivity contribution in [1.29, 1.82) is 0 Å². The van der Waals surface area contributed by atoms with Crippen LogP contribution < -0.4 is 4.74 Å². The maximum absolute atomic E-state index is 13.1. The van der Waals surface area contributed by atoms with E-state index in [9.17, 15) is 4.79 Å². The van der Waals surface area contributed by atoms with Gasteiger partial charge in [0, 0.05) is 11.0 Å². The van der Waals surface area contributed by atoms with E-state index in [1.165, 1.54) is 12.8 Å². The molecule has 1 fully saturated rings. The van der Waals surface area contributed by atoms with Crippen LogP contribution in [-0.2, 0) is 0 Å². The summed E-state index contributed by atoms with van der Waals surface area (Å²) in [7, 11) is 0. The molecule has 0 aliphatic heterocycles. The highest BCUT2D eigenvalue weighted by atomic mass is 16.5. The summed E-state index contributed by atoms with van der Waals surface area (Å²) in [5, 5.41) is 0. The van der Waals surface area contributed by atoms with Crippen molar-refractivity contribution in [3.05, 3.63) is 29.8 Å². The van der Waals surface area contributed by atoms with Crippen molar-refractivity contribution in [3.63, 3.8) is 0 Å². The minimum atomic E-state index is -0.134. The minimum absolute atomic E-state index is 0.131. The van der Waals surface area contributed by atoms with Crippen LogP contribution in [0, 0.1) is 11.3 Å². The van der Waals surface area contributed by atoms with E-state index >= 15 is 0 Å². The zero-order valence-corrected chi connectivity index (χ0v) is 13.8. The summed E-state index contributed by atoms with van der Waals surface area (Å²) in [6.07, 6.45) is 5.58. The Balaban J connectivity index is 2.24. The summed E-state index contributed by atoms with van der Waals surface area (Å²) in [5.41, 5.74) is 0.681. The van der Waals surface area contributed by atoms with Crippen LogP contribution in [0.5, 0.6) is 5.75 Å². The fourth-order valence-corrected chi connectivity index (χ4v) is 3.65. The van der Waals surface area contributed by atoms with E-state index in [1.807, 2.05) is 38.1 Å². The van der Waals surface area contributed by atoms with Crippen LogP contribution >= 0.6 is 0 Å². The molecule has 1 aliphatic carbocycles. The Hall–Kier alpha value is -1.31. The number of ketones is 1. The fraction of sp³-hybridized carbons (Fsp3) is 0.632. The van der Waals surface area contributed by atoms with Gasteiger partial charge in [0.05, 0.1) is 6.10 Å². The van der Waals surface area contributed by atoms with Crippen LogP contribution in [0.15, 0.2) is 24.3 Å². The van der Waals surface area contributed by atoms with Crippen LogP contribution in [0.25, 0.3) is 0 Å². The van der Waals surface area contributed by atoms with Crippen LogP contribution in [0.1, 0.15) is 70.2 Å². The van der Waals surface area contributed by atoms with Gasteiger partial charge in [-0.2, -0.15) is 0 Å². The Kier molecular flexibility index (Phi) is 5.08. The van der Waals surface area contributed by atoms with Gasteiger partial charge in [-0.05, 0) is 51.2 Å². The number of hydrogen-bond donors (Lipinski definition) is 0. The lowest BCUT2D eigenvalue weighted by molar-refractivity contribution is 0.0759. The second kappa shape index (κ2) is 6.64. The molecule has 0 spiro atoms. The van der Waals surface area contributed by atoms with Crippen molar-refractivity contribution < 1.29 is 9.53 Å². The summed E-state index contributed by atoms with van der Waals surface area (Å²) in [6.45, 7) is 8.44. The highest BCUT2D eigenvalue weighted by molar-refractivity contribution is 6.01. The molecule has 0 aromatic heterocycles. The normalized spacial score (nSPS) is 17.4. The third-order valence-corrected chi connectivity index (χ3v) is 4.31. The summed E-state index contributed by atoms with van der Waals surface area (Å²) in [4.78, 5) is 13.1. The first-order valence-corrected chi connectivity index (χ1v) is 8.24. The summed E-state index contributed by atoms with van der Waals surface area (Å²) >= 11 is 0. The van der Waals surface area contributed by atoms with Crippen molar-refractivity contribution in [3.8, 4) is 5.75 Å². The van der Waals surface area contributed by atoms with E-state index < -0.39 is 0 Å². The predicted molar refractivity (Wildman–Crippen MR) is 86.9 cm³/mol. The Bertz CT molecular complexity index is 482. The van der Waals surface area contributed by atoms with Crippen molar-refractivity contribution in [2.75, 3.05) is 0 Å². The van der Waals surface area contributed by atoms with Crippen molar-refractivity contribution in [1.82, 2.24) is 0 Å². The first-order valence-electron chi connectivity index (χ1n) is 8.24. The zero-order chi connectivity index (χ0) is 15.5.